The van der Waals surface area contributed by atoms with Crippen molar-refractivity contribution in [2.75, 3.05) is 0 Å². The molecule has 1 aromatic carbocycles. The number of thioether (sulfide) groups is 1. The molecule has 2 N–H and O–H groups in total. The molecule has 0 fully saturated rings. The van der Waals surface area contributed by atoms with Gasteiger partial charge < -0.3 is 14.4 Å². The maximum atomic E-state index is 12.9. The van der Waals surface area contributed by atoms with Gasteiger partial charge >= 0.3 is 0 Å². The zero-order valence-electron chi connectivity index (χ0n) is 17.6. The number of aromatic nitrogens is 5. The number of benzene rings is 1. The SMILES string of the molecule is CC1CCc2c(sc3nc(C(C)Sc4nnc(-c5c[nH]c6ccccc56)o4)[nH]c(=O)c23)C1. The lowest BCUT2D eigenvalue weighted by atomic mass is 9.89. The van der Waals surface area contributed by atoms with E-state index in [1.165, 1.54) is 22.2 Å². The molecular formula is C23H21N5O2S2. The number of fused-ring (bicyclic) bond motifs is 4. The number of nitrogens with one attached hydrogen (secondary N) is 2. The van der Waals surface area contributed by atoms with E-state index in [1.54, 1.807) is 11.3 Å². The van der Waals surface area contributed by atoms with Crippen LogP contribution >= 0.6 is 23.1 Å². The van der Waals surface area contributed by atoms with Gasteiger partial charge in [-0.25, -0.2) is 4.98 Å². The molecule has 4 aromatic heterocycles. The van der Waals surface area contributed by atoms with Crippen molar-refractivity contribution in [1.82, 2.24) is 25.1 Å². The lowest BCUT2D eigenvalue weighted by molar-refractivity contribution is 0.465. The molecule has 0 spiro atoms. The van der Waals surface area contributed by atoms with E-state index >= 15 is 0 Å². The Kier molecular flexibility index (Phi) is 4.69. The van der Waals surface area contributed by atoms with Crippen molar-refractivity contribution in [2.45, 2.75) is 43.6 Å². The summed E-state index contributed by atoms with van der Waals surface area (Å²) < 4.78 is 5.93. The van der Waals surface area contributed by atoms with E-state index in [0.717, 1.165) is 45.9 Å². The first-order chi connectivity index (χ1) is 15.6. The summed E-state index contributed by atoms with van der Waals surface area (Å²) in [5, 5.41) is 10.5. The number of thiophene rings is 1. The third kappa shape index (κ3) is 3.27. The van der Waals surface area contributed by atoms with Gasteiger partial charge in [0.2, 0.25) is 0 Å². The highest BCUT2D eigenvalue weighted by molar-refractivity contribution is 7.99. The summed E-state index contributed by atoms with van der Waals surface area (Å²) in [6.45, 7) is 4.25. The van der Waals surface area contributed by atoms with Gasteiger partial charge in [-0.15, -0.1) is 21.5 Å². The Morgan fingerprint density at radius 1 is 1.28 bits per heavy atom. The quantitative estimate of drug-likeness (QED) is 0.342. The summed E-state index contributed by atoms with van der Waals surface area (Å²) in [5.41, 5.74) is 3.05. The van der Waals surface area contributed by atoms with Crippen LogP contribution in [0.1, 0.15) is 41.8 Å². The van der Waals surface area contributed by atoms with Crippen LogP contribution in [-0.2, 0) is 12.8 Å². The number of para-hydroxylation sites is 1. The van der Waals surface area contributed by atoms with Gasteiger partial charge in [0.15, 0.2) is 0 Å². The summed E-state index contributed by atoms with van der Waals surface area (Å²) in [6.07, 6.45) is 5.00. The molecule has 0 aliphatic heterocycles. The Bertz CT molecular complexity index is 1510. The molecule has 0 saturated carbocycles. The van der Waals surface area contributed by atoms with Crippen molar-refractivity contribution in [3.8, 4) is 11.5 Å². The van der Waals surface area contributed by atoms with Crippen LogP contribution in [-0.4, -0.2) is 25.1 Å². The maximum absolute atomic E-state index is 12.9. The second-order valence-electron chi connectivity index (χ2n) is 8.36. The lowest BCUT2D eigenvalue weighted by Gasteiger charge is -2.17. The van der Waals surface area contributed by atoms with Gasteiger partial charge in [-0.1, -0.05) is 36.9 Å². The molecule has 7 nitrogen and oxygen atoms in total. The minimum atomic E-state index is -0.138. The number of hydrogen-bond acceptors (Lipinski definition) is 7. The van der Waals surface area contributed by atoms with Gasteiger partial charge in [-0.2, -0.15) is 0 Å². The Labute approximate surface area is 191 Å². The van der Waals surface area contributed by atoms with Crippen LogP contribution in [0.25, 0.3) is 32.6 Å². The molecule has 162 valence electrons. The molecule has 2 atom stereocenters. The van der Waals surface area contributed by atoms with Gasteiger partial charge in [-0.3, -0.25) is 4.79 Å². The third-order valence-electron chi connectivity index (χ3n) is 6.07. The average molecular weight is 464 g/mol. The van der Waals surface area contributed by atoms with Crippen molar-refractivity contribution in [3.63, 3.8) is 0 Å². The van der Waals surface area contributed by atoms with E-state index < -0.39 is 0 Å². The molecule has 0 amide bonds. The highest BCUT2D eigenvalue weighted by atomic mass is 32.2. The number of nitrogens with zero attached hydrogens (tertiary/aromatic N) is 3. The predicted octanol–water partition coefficient (Wildman–Crippen LogP) is 5.49. The highest BCUT2D eigenvalue weighted by Crippen LogP contribution is 2.38. The molecule has 1 aliphatic carbocycles. The van der Waals surface area contributed by atoms with Crippen LogP contribution < -0.4 is 5.56 Å². The first-order valence-electron chi connectivity index (χ1n) is 10.7. The molecule has 2 unspecified atom stereocenters. The normalized spacial score (nSPS) is 17.1. The van der Waals surface area contributed by atoms with Gasteiger partial charge in [0.1, 0.15) is 10.7 Å². The van der Waals surface area contributed by atoms with Gasteiger partial charge in [-0.05, 0) is 43.7 Å². The molecular weight excluding hydrogens is 442 g/mol. The van der Waals surface area contributed by atoms with Crippen molar-refractivity contribution in [2.24, 2.45) is 5.92 Å². The fourth-order valence-electron chi connectivity index (χ4n) is 4.38. The van der Waals surface area contributed by atoms with E-state index in [1.807, 2.05) is 37.4 Å². The predicted molar refractivity (Wildman–Crippen MR) is 127 cm³/mol. The second kappa shape index (κ2) is 7.60. The minimum absolute atomic E-state index is 0.0467. The van der Waals surface area contributed by atoms with Crippen LogP contribution in [0.5, 0.6) is 0 Å². The van der Waals surface area contributed by atoms with E-state index in [9.17, 15) is 4.79 Å². The smallest absolute Gasteiger partial charge is 0.277 e. The summed E-state index contributed by atoms with van der Waals surface area (Å²) in [6, 6.07) is 7.99. The number of aryl methyl sites for hydroxylation is 1. The summed E-state index contributed by atoms with van der Waals surface area (Å²) in [5.74, 6) is 1.76. The topological polar surface area (TPSA) is 100 Å². The molecule has 0 radical (unpaired) electrons. The first-order valence-corrected chi connectivity index (χ1v) is 12.4. The number of rotatable bonds is 4. The van der Waals surface area contributed by atoms with Crippen LogP contribution in [0, 0.1) is 5.92 Å². The van der Waals surface area contributed by atoms with Crippen molar-refractivity contribution in [3.05, 3.63) is 57.1 Å². The van der Waals surface area contributed by atoms with Crippen LogP contribution in [0.15, 0.2) is 44.9 Å². The van der Waals surface area contributed by atoms with Crippen molar-refractivity contribution >= 4 is 44.2 Å². The van der Waals surface area contributed by atoms with Gasteiger partial charge in [0, 0.05) is 22.0 Å². The molecule has 0 saturated heterocycles. The molecule has 9 heteroatoms. The largest absolute Gasteiger partial charge is 0.411 e. The highest BCUT2D eigenvalue weighted by Gasteiger charge is 2.24. The Morgan fingerprint density at radius 2 is 2.16 bits per heavy atom. The van der Waals surface area contributed by atoms with E-state index in [2.05, 4.69) is 27.1 Å². The molecule has 4 heterocycles. The maximum Gasteiger partial charge on any atom is 0.277 e. The van der Waals surface area contributed by atoms with Crippen LogP contribution in [0.2, 0.25) is 0 Å². The number of hydrogen-bond donors (Lipinski definition) is 2. The average Bonchev–Trinajstić information content (AvgIpc) is 3.49. The molecule has 1 aliphatic rings. The third-order valence-corrected chi connectivity index (χ3v) is 8.16. The summed E-state index contributed by atoms with van der Waals surface area (Å²) in [4.78, 5) is 26.1. The monoisotopic (exact) mass is 463 g/mol. The second-order valence-corrected chi connectivity index (χ2v) is 10.7. The van der Waals surface area contributed by atoms with E-state index in [0.29, 0.717) is 22.9 Å². The molecule has 6 rings (SSSR count). The van der Waals surface area contributed by atoms with Crippen molar-refractivity contribution < 1.29 is 4.42 Å². The Balaban J connectivity index is 1.29. The van der Waals surface area contributed by atoms with E-state index in [-0.39, 0.29) is 10.8 Å². The number of H-pyrrole nitrogens is 2. The number of aromatic amines is 2. The fraction of sp³-hybridized carbons (Fsp3) is 0.304. The van der Waals surface area contributed by atoms with Gasteiger partial charge in [0.25, 0.3) is 16.7 Å². The zero-order valence-corrected chi connectivity index (χ0v) is 19.3. The minimum Gasteiger partial charge on any atom is -0.411 e. The van der Waals surface area contributed by atoms with Crippen LogP contribution in [0.3, 0.4) is 0 Å². The Morgan fingerprint density at radius 3 is 3.06 bits per heavy atom. The fourth-order valence-corrected chi connectivity index (χ4v) is 6.51. The first kappa shape index (κ1) is 19.8. The Hall–Kier alpha value is -2.91. The van der Waals surface area contributed by atoms with Crippen molar-refractivity contribution in [1.29, 1.82) is 0 Å². The van der Waals surface area contributed by atoms with Gasteiger partial charge in [0.05, 0.1) is 16.2 Å². The van der Waals surface area contributed by atoms with Crippen LogP contribution in [0.4, 0.5) is 0 Å². The standard InChI is InChI=1S/C23H21N5O2S2/c1-11-7-8-14-17(9-11)32-22-18(14)20(29)25-19(26-22)12(2)31-23-28-27-21(30-23)15-10-24-16-6-4-3-5-13(15)16/h3-6,10-12,24H,7-9H2,1-2H3,(H,25,26,29). The van der Waals surface area contributed by atoms with E-state index in [4.69, 9.17) is 9.40 Å². The zero-order chi connectivity index (χ0) is 21.8. The molecule has 5 aromatic rings. The summed E-state index contributed by atoms with van der Waals surface area (Å²) in [7, 11) is 0. The summed E-state index contributed by atoms with van der Waals surface area (Å²) >= 11 is 3.06. The molecule has 32 heavy (non-hydrogen) atoms. The molecule has 0 bridgehead atoms. The lowest BCUT2D eigenvalue weighted by Crippen LogP contribution is -2.15.